The summed E-state index contributed by atoms with van der Waals surface area (Å²) in [5.41, 5.74) is 6.98. The van der Waals surface area contributed by atoms with Crippen LogP contribution in [0.3, 0.4) is 0 Å². The van der Waals surface area contributed by atoms with Gasteiger partial charge in [0.2, 0.25) is 11.8 Å². The standard InChI is InChI=1S/C31H39N5O4S2.ClH.H2S/c32-27(21-26-9-6-20-41-26)29(37)36-18-15-31(16-19-36,30(38)34-24-7-2-1-3-8-24)22-23-11-13-25(14-12-23)35-42(39,40)28-10-4-5-17-33-28;;/h4-6,9-14,17,20,24,27,35H,1-3,7-8,15-16,18-19,21-22,32H2,(H,34,38);1H;1H2/t27-;;/m0../s1. The maximum atomic E-state index is 13.9. The monoisotopic (exact) mass is 679 g/mol. The Kier molecular flexibility index (Phi) is 13.1. The van der Waals surface area contributed by atoms with Crippen molar-refractivity contribution < 1.29 is 18.0 Å². The number of rotatable bonds is 10. The number of carbonyl (C=O) groups excluding carboxylic acids is 2. The Morgan fingerprint density at radius 2 is 1.73 bits per heavy atom. The number of hydrogen-bond donors (Lipinski definition) is 3. The third-order valence-corrected chi connectivity index (χ3v) is 10.6. The fourth-order valence-corrected chi connectivity index (χ4v) is 7.76. The van der Waals surface area contributed by atoms with Crippen LogP contribution in [0, 0.1) is 5.41 Å². The number of carbonyl (C=O) groups is 2. The summed E-state index contributed by atoms with van der Waals surface area (Å²) in [4.78, 5) is 33.9. The molecule has 0 unspecified atom stereocenters. The maximum absolute atomic E-state index is 13.9. The first-order chi connectivity index (χ1) is 20.2. The second kappa shape index (κ2) is 16.1. The van der Waals surface area contributed by atoms with E-state index in [9.17, 15) is 18.0 Å². The van der Waals surface area contributed by atoms with E-state index in [1.807, 2.05) is 29.6 Å². The number of halogens is 1. The van der Waals surface area contributed by atoms with Crippen molar-refractivity contribution >= 4 is 64.8 Å². The largest absolute Gasteiger partial charge is 0.353 e. The average Bonchev–Trinajstić information content (AvgIpc) is 3.52. The molecule has 1 aliphatic carbocycles. The molecular formula is C31H42ClN5O4S3. The molecule has 0 bridgehead atoms. The van der Waals surface area contributed by atoms with Gasteiger partial charge in [0, 0.05) is 42.3 Å². The molecule has 44 heavy (non-hydrogen) atoms. The number of sulfonamides is 1. The lowest BCUT2D eigenvalue weighted by Gasteiger charge is -2.42. The van der Waals surface area contributed by atoms with E-state index in [1.54, 1.807) is 40.5 Å². The summed E-state index contributed by atoms with van der Waals surface area (Å²) in [7, 11) is -3.81. The first kappa shape index (κ1) is 35.8. The molecule has 1 saturated carbocycles. The van der Waals surface area contributed by atoms with Crippen LogP contribution in [0.4, 0.5) is 5.69 Å². The van der Waals surface area contributed by atoms with E-state index in [-0.39, 0.29) is 48.8 Å². The van der Waals surface area contributed by atoms with Crippen molar-refractivity contribution in [2.45, 2.75) is 74.9 Å². The van der Waals surface area contributed by atoms with Crippen molar-refractivity contribution in [1.82, 2.24) is 15.2 Å². The molecule has 2 amide bonds. The minimum atomic E-state index is -3.81. The van der Waals surface area contributed by atoms with Crippen LogP contribution in [0.15, 0.2) is 71.2 Å². The zero-order valence-electron chi connectivity index (χ0n) is 24.6. The summed E-state index contributed by atoms with van der Waals surface area (Å²) in [6.45, 7) is 0.939. The number of anilines is 1. The lowest BCUT2D eigenvalue weighted by atomic mass is 9.72. The molecule has 2 aliphatic rings. The van der Waals surface area contributed by atoms with Crippen LogP contribution in [0.2, 0.25) is 0 Å². The summed E-state index contributed by atoms with van der Waals surface area (Å²) in [5.74, 6) is -0.0291. The topological polar surface area (TPSA) is 134 Å². The quantitative estimate of drug-likeness (QED) is 0.286. The highest BCUT2D eigenvalue weighted by Gasteiger charge is 2.43. The minimum absolute atomic E-state index is 0. The number of thiophene rings is 1. The number of amides is 2. The van der Waals surface area contributed by atoms with Crippen molar-refractivity contribution in [1.29, 1.82) is 0 Å². The van der Waals surface area contributed by atoms with Crippen molar-refractivity contribution in [3.05, 3.63) is 76.6 Å². The van der Waals surface area contributed by atoms with E-state index in [2.05, 4.69) is 15.0 Å². The SMILES string of the molecule is Cl.N[C@@H](Cc1cccs1)C(=O)N1CCC(Cc2ccc(NS(=O)(=O)c3ccccn3)cc2)(C(=O)NC2CCCCC2)CC1.S. The fraction of sp³-hybridized carbons (Fsp3) is 0.452. The van der Waals surface area contributed by atoms with Crippen LogP contribution in [0.1, 0.15) is 55.4 Å². The zero-order chi connectivity index (χ0) is 29.6. The summed E-state index contributed by atoms with van der Waals surface area (Å²) in [6, 6.07) is 15.4. The molecule has 1 aromatic carbocycles. The average molecular weight is 680 g/mol. The number of hydrogen-bond acceptors (Lipinski definition) is 7. The summed E-state index contributed by atoms with van der Waals surface area (Å²) in [5, 5.41) is 5.27. The number of nitrogens with zero attached hydrogens (tertiary/aromatic N) is 2. The second-order valence-electron chi connectivity index (χ2n) is 11.5. The van der Waals surface area contributed by atoms with E-state index >= 15 is 0 Å². The van der Waals surface area contributed by atoms with Crippen LogP contribution >= 0.6 is 37.2 Å². The van der Waals surface area contributed by atoms with Gasteiger partial charge in [-0.05, 0) is 73.4 Å². The van der Waals surface area contributed by atoms with Gasteiger partial charge in [0.15, 0.2) is 5.03 Å². The highest BCUT2D eigenvalue weighted by molar-refractivity contribution is 7.92. The van der Waals surface area contributed by atoms with Gasteiger partial charge >= 0.3 is 0 Å². The molecule has 9 nitrogen and oxygen atoms in total. The summed E-state index contributed by atoms with van der Waals surface area (Å²) < 4.78 is 27.9. The van der Waals surface area contributed by atoms with Gasteiger partial charge in [-0.2, -0.15) is 21.9 Å². The first-order valence-electron chi connectivity index (χ1n) is 14.6. The Morgan fingerprint density at radius 3 is 2.34 bits per heavy atom. The molecule has 3 aromatic rings. The minimum Gasteiger partial charge on any atom is -0.353 e. The van der Waals surface area contributed by atoms with E-state index in [0.29, 0.717) is 44.5 Å². The van der Waals surface area contributed by atoms with E-state index < -0.39 is 21.5 Å². The van der Waals surface area contributed by atoms with Crippen LogP contribution in [0.25, 0.3) is 0 Å². The second-order valence-corrected chi connectivity index (χ2v) is 14.1. The molecule has 5 rings (SSSR count). The van der Waals surface area contributed by atoms with Gasteiger partial charge in [-0.1, -0.05) is 43.5 Å². The summed E-state index contributed by atoms with van der Waals surface area (Å²) >= 11 is 1.59. The number of nitrogens with one attached hydrogen (secondary N) is 2. The lowest BCUT2D eigenvalue weighted by molar-refractivity contribution is -0.141. The smallest absolute Gasteiger partial charge is 0.279 e. The number of likely N-dealkylation sites (tertiary alicyclic amines) is 1. The molecule has 2 aromatic heterocycles. The number of piperidine rings is 1. The number of pyridine rings is 1. The molecule has 2 fully saturated rings. The molecular weight excluding hydrogens is 638 g/mol. The molecule has 0 spiro atoms. The highest BCUT2D eigenvalue weighted by Crippen LogP contribution is 2.37. The molecule has 4 N–H and O–H groups in total. The summed E-state index contributed by atoms with van der Waals surface area (Å²) in [6.07, 6.45) is 8.97. The van der Waals surface area contributed by atoms with Crippen LogP contribution in [0.5, 0.6) is 0 Å². The molecule has 0 radical (unpaired) electrons. The first-order valence-corrected chi connectivity index (χ1v) is 17.0. The van der Waals surface area contributed by atoms with Crippen LogP contribution in [-0.2, 0) is 32.5 Å². The van der Waals surface area contributed by atoms with Gasteiger partial charge in [-0.25, -0.2) is 4.98 Å². The Labute approximate surface area is 277 Å². The zero-order valence-corrected chi connectivity index (χ0v) is 28.1. The normalized spacial score (nSPS) is 17.4. The number of benzene rings is 1. The number of nitrogens with two attached hydrogens (primary N) is 1. The van der Waals surface area contributed by atoms with Gasteiger partial charge in [0.1, 0.15) is 0 Å². The molecule has 1 aliphatic heterocycles. The molecule has 240 valence electrons. The van der Waals surface area contributed by atoms with Gasteiger partial charge in [0.05, 0.1) is 11.5 Å². The molecule has 1 saturated heterocycles. The Bertz CT molecular complexity index is 1440. The van der Waals surface area contributed by atoms with Crippen molar-refractivity contribution in [3.63, 3.8) is 0 Å². The van der Waals surface area contributed by atoms with Crippen LogP contribution in [-0.4, -0.2) is 55.3 Å². The van der Waals surface area contributed by atoms with E-state index in [1.165, 1.54) is 18.7 Å². The number of aromatic nitrogens is 1. The van der Waals surface area contributed by atoms with Crippen molar-refractivity contribution in [2.75, 3.05) is 17.8 Å². The Morgan fingerprint density at radius 1 is 1.02 bits per heavy atom. The third kappa shape index (κ3) is 8.97. The van der Waals surface area contributed by atoms with Crippen molar-refractivity contribution in [3.8, 4) is 0 Å². The maximum Gasteiger partial charge on any atom is 0.279 e. The van der Waals surface area contributed by atoms with E-state index in [4.69, 9.17) is 5.73 Å². The predicted molar refractivity (Wildman–Crippen MR) is 182 cm³/mol. The Balaban J connectivity index is 0.00000264. The van der Waals surface area contributed by atoms with Gasteiger partial charge in [0.25, 0.3) is 10.0 Å². The lowest BCUT2D eigenvalue weighted by Crippen LogP contribution is -2.55. The predicted octanol–water partition coefficient (Wildman–Crippen LogP) is 4.65. The Hall–Kier alpha value is -2.64. The van der Waals surface area contributed by atoms with Crippen molar-refractivity contribution in [2.24, 2.45) is 11.1 Å². The molecule has 1 atom stereocenters. The molecule has 3 heterocycles. The highest BCUT2D eigenvalue weighted by atomic mass is 35.5. The fourth-order valence-electron chi connectivity index (χ4n) is 5.99. The third-order valence-electron chi connectivity index (χ3n) is 8.43. The van der Waals surface area contributed by atoms with E-state index in [0.717, 1.165) is 36.1 Å². The molecule has 13 heteroatoms. The van der Waals surface area contributed by atoms with Gasteiger partial charge in [-0.3, -0.25) is 14.3 Å². The van der Waals surface area contributed by atoms with Gasteiger partial charge in [-0.15, -0.1) is 23.7 Å². The van der Waals surface area contributed by atoms with Gasteiger partial charge < -0.3 is 16.0 Å². The van der Waals surface area contributed by atoms with Crippen LogP contribution < -0.4 is 15.8 Å².